The molecule has 2 heterocycles. The molecule has 0 radical (unpaired) electrons. The molecule has 1 atom stereocenters. The Bertz CT molecular complexity index is 820. The summed E-state index contributed by atoms with van der Waals surface area (Å²) in [6.45, 7) is 4.31. The van der Waals surface area contributed by atoms with Crippen molar-refractivity contribution in [3.63, 3.8) is 0 Å². The Hall–Kier alpha value is -2.53. The predicted molar refractivity (Wildman–Crippen MR) is 102 cm³/mol. The minimum absolute atomic E-state index is 0. The van der Waals surface area contributed by atoms with Crippen molar-refractivity contribution in [3.05, 3.63) is 60.6 Å². The second kappa shape index (κ2) is 8.53. The number of esters is 1. The Kier molecular flexibility index (Phi) is 6.42. The van der Waals surface area contributed by atoms with Gasteiger partial charge in [-0.1, -0.05) is 25.1 Å². The van der Waals surface area contributed by atoms with Gasteiger partial charge in [-0.2, -0.15) is 0 Å². The van der Waals surface area contributed by atoms with Crippen LogP contribution in [0.5, 0.6) is 0 Å². The lowest BCUT2D eigenvalue weighted by atomic mass is 10.1. The quantitative estimate of drug-likeness (QED) is 0.521. The Morgan fingerprint density at radius 2 is 1.96 bits per heavy atom. The topological polar surface area (TPSA) is 58.2 Å². The van der Waals surface area contributed by atoms with Crippen LogP contribution in [0.4, 0.5) is 5.69 Å². The van der Waals surface area contributed by atoms with Gasteiger partial charge in [0.25, 0.3) is 0 Å². The molecule has 1 unspecified atom stereocenters. The summed E-state index contributed by atoms with van der Waals surface area (Å²) < 4.78 is 5.72. The molecule has 1 N–H and O–H groups in total. The van der Waals surface area contributed by atoms with Gasteiger partial charge >= 0.3 is 5.97 Å². The molecule has 0 bridgehead atoms. The number of nitrogens with zero attached hydrogens (tertiary/aromatic N) is 2. The molecule has 0 aliphatic rings. The molecule has 0 aliphatic heterocycles. The molecule has 0 aliphatic carbocycles. The standard InChI is InChI=1S/C19H21N3O2.ClH/c1-3-12-22(15-8-10-20-11-9-15)19(24-14(2)23)17-13-21-18-7-5-4-6-16(17)18;/h4-11,13,19,21H,3,12H2,1-2H3;1H. The van der Waals surface area contributed by atoms with Gasteiger partial charge in [-0.05, 0) is 24.6 Å². The first-order chi connectivity index (χ1) is 11.7. The third-order valence-corrected chi connectivity index (χ3v) is 3.91. The number of anilines is 1. The number of benzene rings is 1. The number of para-hydroxylation sites is 1. The maximum absolute atomic E-state index is 11.8. The van der Waals surface area contributed by atoms with E-state index in [2.05, 4.69) is 21.8 Å². The summed E-state index contributed by atoms with van der Waals surface area (Å²) in [4.78, 5) is 21.2. The summed E-state index contributed by atoms with van der Waals surface area (Å²) >= 11 is 0. The zero-order chi connectivity index (χ0) is 16.9. The highest BCUT2D eigenvalue weighted by molar-refractivity contribution is 5.85. The Morgan fingerprint density at radius 1 is 1.24 bits per heavy atom. The SMILES string of the molecule is CCCN(c1ccncc1)C(OC(C)=O)c1c[nH]c2ccccc12.Cl. The first kappa shape index (κ1) is 18.8. The van der Waals surface area contributed by atoms with E-state index < -0.39 is 6.23 Å². The van der Waals surface area contributed by atoms with Crippen LogP contribution in [0.25, 0.3) is 10.9 Å². The monoisotopic (exact) mass is 359 g/mol. The molecule has 132 valence electrons. The lowest BCUT2D eigenvalue weighted by molar-refractivity contribution is -0.146. The summed E-state index contributed by atoms with van der Waals surface area (Å²) in [6, 6.07) is 11.9. The van der Waals surface area contributed by atoms with E-state index >= 15 is 0 Å². The Balaban J connectivity index is 0.00000225. The fourth-order valence-electron chi connectivity index (χ4n) is 2.91. The number of carbonyl (C=O) groups excluding carboxylic acids is 1. The largest absolute Gasteiger partial charge is 0.437 e. The van der Waals surface area contributed by atoms with Crippen molar-refractivity contribution in [1.29, 1.82) is 0 Å². The van der Waals surface area contributed by atoms with E-state index in [9.17, 15) is 4.79 Å². The summed E-state index contributed by atoms with van der Waals surface area (Å²) in [5, 5.41) is 1.05. The van der Waals surface area contributed by atoms with Crippen molar-refractivity contribution >= 4 is 35.0 Å². The zero-order valence-corrected chi connectivity index (χ0v) is 15.1. The van der Waals surface area contributed by atoms with Crippen LogP contribution in [-0.4, -0.2) is 22.5 Å². The highest BCUT2D eigenvalue weighted by atomic mass is 35.5. The van der Waals surface area contributed by atoms with E-state index in [1.807, 2.05) is 42.6 Å². The maximum atomic E-state index is 11.8. The van der Waals surface area contributed by atoms with Crippen molar-refractivity contribution in [1.82, 2.24) is 9.97 Å². The predicted octanol–water partition coefficient (Wildman–Crippen LogP) is 4.46. The van der Waals surface area contributed by atoms with E-state index in [-0.39, 0.29) is 18.4 Å². The third kappa shape index (κ3) is 4.12. The fourth-order valence-corrected chi connectivity index (χ4v) is 2.91. The number of halogens is 1. The summed E-state index contributed by atoms with van der Waals surface area (Å²) in [6.07, 6.45) is 5.86. The number of nitrogens with one attached hydrogen (secondary N) is 1. The average molecular weight is 360 g/mol. The molecule has 6 heteroatoms. The Labute approximate surface area is 153 Å². The summed E-state index contributed by atoms with van der Waals surface area (Å²) in [7, 11) is 0. The number of hydrogen-bond donors (Lipinski definition) is 1. The van der Waals surface area contributed by atoms with E-state index in [0.717, 1.165) is 35.1 Å². The minimum atomic E-state index is -0.485. The first-order valence-corrected chi connectivity index (χ1v) is 8.10. The van der Waals surface area contributed by atoms with Crippen LogP contribution in [-0.2, 0) is 9.53 Å². The van der Waals surface area contributed by atoms with Crippen molar-refractivity contribution in [2.45, 2.75) is 26.5 Å². The second-order valence-corrected chi connectivity index (χ2v) is 5.65. The number of hydrogen-bond acceptors (Lipinski definition) is 4. The normalized spacial score (nSPS) is 11.6. The molecule has 1 aromatic carbocycles. The van der Waals surface area contributed by atoms with Crippen molar-refractivity contribution < 1.29 is 9.53 Å². The lowest BCUT2D eigenvalue weighted by Crippen LogP contribution is -2.32. The van der Waals surface area contributed by atoms with Crippen molar-refractivity contribution in [2.24, 2.45) is 0 Å². The molecule has 0 fully saturated rings. The van der Waals surface area contributed by atoms with E-state index in [1.165, 1.54) is 6.92 Å². The number of aromatic nitrogens is 2. The van der Waals surface area contributed by atoms with E-state index in [0.29, 0.717) is 0 Å². The van der Waals surface area contributed by atoms with Gasteiger partial charge in [0.1, 0.15) is 0 Å². The Morgan fingerprint density at radius 3 is 2.64 bits per heavy atom. The van der Waals surface area contributed by atoms with Crippen LogP contribution in [0, 0.1) is 0 Å². The van der Waals surface area contributed by atoms with Gasteiger partial charge in [0.05, 0.1) is 0 Å². The third-order valence-electron chi connectivity index (χ3n) is 3.91. The summed E-state index contributed by atoms with van der Waals surface area (Å²) in [5.41, 5.74) is 2.95. The first-order valence-electron chi connectivity index (χ1n) is 8.10. The number of ether oxygens (including phenoxy) is 1. The van der Waals surface area contributed by atoms with Crippen LogP contribution in [0.15, 0.2) is 55.0 Å². The van der Waals surface area contributed by atoms with Gasteiger partial charge in [0, 0.05) is 54.2 Å². The fraction of sp³-hybridized carbons (Fsp3) is 0.263. The van der Waals surface area contributed by atoms with Crippen LogP contribution in [0.3, 0.4) is 0 Å². The second-order valence-electron chi connectivity index (χ2n) is 5.65. The highest BCUT2D eigenvalue weighted by Crippen LogP contribution is 2.32. The number of H-pyrrole nitrogens is 1. The number of fused-ring (bicyclic) bond motifs is 1. The van der Waals surface area contributed by atoms with Gasteiger partial charge in [-0.25, -0.2) is 0 Å². The molecule has 3 aromatic rings. The van der Waals surface area contributed by atoms with Crippen LogP contribution < -0.4 is 4.90 Å². The average Bonchev–Trinajstić information content (AvgIpc) is 3.02. The molecule has 3 rings (SSSR count). The van der Waals surface area contributed by atoms with Gasteiger partial charge in [0.2, 0.25) is 6.23 Å². The summed E-state index contributed by atoms with van der Waals surface area (Å²) in [5.74, 6) is -0.305. The molecular formula is C19H22ClN3O2. The molecule has 25 heavy (non-hydrogen) atoms. The van der Waals surface area contributed by atoms with Crippen LogP contribution in [0.2, 0.25) is 0 Å². The molecule has 0 saturated carbocycles. The minimum Gasteiger partial charge on any atom is -0.437 e. The van der Waals surface area contributed by atoms with Gasteiger partial charge in [-0.3, -0.25) is 9.78 Å². The van der Waals surface area contributed by atoms with Gasteiger partial charge in [0.15, 0.2) is 0 Å². The number of aromatic amines is 1. The van der Waals surface area contributed by atoms with Crippen LogP contribution in [0.1, 0.15) is 32.1 Å². The molecule has 5 nitrogen and oxygen atoms in total. The van der Waals surface area contributed by atoms with E-state index in [4.69, 9.17) is 4.74 Å². The molecular weight excluding hydrogens is 338 g/mol. The van der Waals surface area contributed by atoms with Crippen LogP contribution >= 0.6 is 12.4 Å². The number of pyridine rings is 1. The van der Waals surface area contributed by atoms with Gasteiger partial charge < -0.3 is 14.6 Å². The zero-order valence-electron chi connectivity index (χ0n) is 14.3. The molecule has 0 saturated heterocycles. The van der Waals surface area contributed by atoms with Crippen molar-refractivity contribution in [3.8, 4) is 0 Å². The number of carbonyl (C=O) groups is 1. The van der Waals surface area contributed by atoms with Crippen molar-refractivity contribution in [2.75, 3.05) is 11.4 Å². The lowest BCUT2D eigenvalue weighted by Gasteiger charge is -2.32. The van der Waals surface area contributed by atoms with E-state index in [1.54, 1.807) is 12.4 Å². The maximum Gasteiger partial charge on any atom is 0.304 e. The molecule has 0 amide bonds. The van der Waals surface area contributed by atoms with Gasteiger partial charge in [-0.15, -0.1) is 12.4 Å². The smallest absolute Gasteiger partial charge is 0.304 e. The highest BCUT2D eigenvalue weighted by Gasteiger charge is 2.26. The number of rotatable bonds is 6. The molecule has 2 aromatic heterocycles. The molecule has 0 spiro atoms.